The summed E-state index contributed by atoms with van der Waals surface area (Å²) in [4.78, 5) is 6.74. The molecule has 0 fully saturated rings. The molecule has 0 saturated carbocycles. The van der Waals surface area contributed by atoms with Crippen LogP contribution in [0.4, 0.5) is 5.82 Å². The molecule has 1 aromatic rings. The molecule has 0 saturated heterocycles. The van der Waals surface area contributed by atoms with E-state index in [1.54, 1.807) is 0 Å². The second-order valence-corrected chi connectivity index (χ2v) is 4.47. The third-order valence-corrected chi connectivity index (χ3v) is 2.72. The van der Waals surface area contributed by atoms with Crippen LogP contribution in [0.1, 0.15) is 27.2 Å². The molecule has 17 heavy (non-hydrogen) atoms. The van der Waals surface area contributed by atoms with Gasteiger partial charge in [-0.1, -0.05) is 6.07 Å². The molecular weight excluding hydrogens is 236 g/mol. The average molecular weight is 257 g/mol. The molecule has 3 nitrogen and oxygen atoms in total. The summed E-state index contributed by atoms with van der Waals surface area (Å²) in [6.07, 6.45) is 0.959. The molecule has 0 spiro atoms. The van der Waals surface area contributed by atoms with Gasteiger partial charge in [0.25, 0.3) is 0 Å². The maximum Gasteiger partial charge on any atom is 0.215 e. The van der Waals surface area contributed by atoms with Gasteiger partial charge in [-0.25, -0.2) is 0 Å². The molecule has 0 unspecified atom stereocenters. The Kier molecular flexibility index (Phi) is 6.12. The van der Waals surface area contributed by atoms with Crippen molar-refractivity contribution in [2.75, 3.05) is 23.9 Å². The molecule has 0 radical (unpaired) electrons. The van der Waals surface area contributed by atoms with Crippen LogP contribution in [0.5, 0.6) is 5.88 Å². The van der Waals surface area contributed by atoms with E-state index in [9.17, 15) is 0 Å². The van der Waals surface area contributed by atoms with Gasteiger partial charge in [0.05, 0.1) is 6.61 Å². The van der Waals surface area contributed by atoms with Crippen molar-refractivity contribution in [1.29, 1.82) is 0 Å². The Morgan fingerprint density at radius 2 is 2.18 bits per heavy atom. The smallest absolute Gasteiger partial charge is 0.215 e. The van der Waals surface area contributed by atoms with Gasteiger partial charge in [-0.05, 0) is 33.3 Å². The highest BCUT2D eigenvalue weighted by atomic mass is 35.5. The molecule has 0 N–H and O–H groups in total. The molecule has 1 rings (SSSR count). The number of anilines is 1. The van der Waals surface area contributed by atoms with E-state index < -0.39 is 0 Å². The number of nitrogens with zero attached hydrogens (tertiary/aromatic N) is 2. The zero-order valence-corrected chi connectivity index (χ0v) is 11.6. The van der Waals surface area contributed by atoms with Gasteiger partial charge in [-0.15, -0.1) is 11.6 Å². The van der Waals surface area contributed by atoms with E-state index in [1.165, 1.54) is 0 Å². The topological polar surface area (TPSA) is 25.4 Å². The summed E-state index contributed by atoms with van der Waals surface area (Å²) in [6.45, 7) is 7.83. The van der Waals surface area contributed by atoms with E-state index in [0.717, 1.165) is 18.8 Å². The second-order valence-electron chi connectivity index (χ2n) is 4.10. The van der Waals surface area contributed by atoms with E-state index in [1.807, 2.05) is 25.1 Å². The lowest BCUT2D eigenvalue weighted by Gasteiger charge is -2.27. The summed E-state index contributed by atoms with van der Waals surface area (Å²) in [5.74, 6) is 2.31. The molecule has 0 atom stereocenters. The summed E-state index contributed by atoms with van der Waals surface area (Å²) in [5.41, 5.74) is 0. The highest BCUT2D eigenvalue weighted by molar-refractivity contribution is 6.17. The lowest BCUT2D eigenvalue weighted by Crippen LogP contribution is -2.32. The molecule has 0 aromatic carbocycles. The van der Waals surface area contributed by atoms with Gasteiger partial charge in [0.2, 0.25) is 5.88 Å². The van der Waals surface area contributed by atoms with Gasteiger partial charge in [-0.3, -0.25) is 0 Å². The number of alkyl halides is 1. The van der Waals surface area contributed by atoms with Crippen molar-refractivity contribution in [3.63, 3.8) is 0 Å². The largest absolute Gasteiger partial charge is 0.478 e. The molecule has 0 bridgehead atoms. The predicted molar refractivity (Wildman–Crippen MR) is 73.2 cm³/mol. The number of ether oxygens (including phenoxy) is 1. The lowest BCUT2D eigenvalue weighted by atomic mass is 10.3. The Balaban J connectivity index is 2.81. The van der Waals surface area contributed by atoms with Gasteiger partial charge >= 0.3 is 0 Å². The SMILES string of the molecule is CCOc1cccc(N(CCCCl)C(C)C)n1. The Morgan fingerprint density at radius 3 is 2.76 bits per heavy atom. The van der Waals surface area contributed by atoms with Crippen LogP contribution < -0.4 is 9.64 Å². The maximum absolute atomic E-state index is 5.75. The van der Waals surface area contributed by atoms with Crippen LogP contribution in [0.2, 0.25) is 0 Å². The summed E-state index contributed by atoms with van der Waals surface area (Å²) in [6, 6.07) is 6.27. The van der Waals surface area contributed by atoms with Crippen molar-refractivity contribution < 1.29 is 4.74 Å². The first-order valence-electron chi connectivity index (χ1n) is 6.11. The van der Waals surface area contributed by atoms with Gasteiger partial charge in [0.1, 0.15) is 5.82 Å². The van der Waals surface area contributed by atoms with E-state index in [2.05, 4.69) is 23.7 Å². The monoisotopic (exact) mass is 256 g/mol. The van der Waals surface area contributed by atoms with Gasteiger partial charge in [0, 0.05) is 24.5 Å². The molecule has 0 amide bonds. The summed E-state index contributed by atoms with van der Waals surface area (Å²) >= 11 is 5.75. The van der Waals surface area contributed by atoms with Crippen LogP contribution in [0.25, 0.3) is 0 Å². The van der Waals surface area contributed by atoms with Gasteiger partial charge in [0.15, 0.2) is 0 Å². The minimum absolute atomic E-state index is 0.405. The Morgan fingerprint density at radius 1 is 1.41 bits per heavy atom. The number of hydrogen-bond acceptors (Lipinski definition) is 3. The molecule has 4 heteroatoms. The van der Waals surface area contributed by atoms with Crippen LogP contribution in [0.3, 0.4) is 0 Å². The van der Waals surface area contributed by atoms with Crippen LogP contribution in [0.15, 0.2) is 18.2 Å². The molecule has 0 aliphatic rings. The minimum Gasteiger partial charge on any atom is -0.478 e. The number of rotatable bonds is 7. The Bertz CT molecular complexity index is 331. The number of pyridine rings is 1. The van der Waals surface area contributed by atoms with E-state index in [0.29, 0.717) is 24.4 Å². The highest BCUT2D eigenvalue weighted by Crippen LogP contribution is 2.18. The first-order chi connectivity index (χ1) is 8.19. The van der Waals surface area contributed by atoms with Gasteiger partial charge in [-0.2, -0.15) is 4.98 Å². The van der Waals surface area contributed by atoms with Crippen LogP contribution in [-0.4, -0.2) is 30.1 Å². The highest BCUT2D eigenvalue weighted by Gasteiger charge is 2.11. The van der Waals surface area contributed by atoms with E-state index in [4.69, 9.17) is 16.3 Å². The Hall–Kier alpha value is -0.960. The third-order valence-electron chi connectivity index (χ3n) is 2.45. The fraction of sp³-hybridized carbons (Fsp3) is 0.615. The Labute approximate surface area is 109 Å². The lowest BCUT2D eigenvalue weighted by molar-refractivity contribution is 0.327. The zero-order chi connectivity index (χ0) is 12.7. The van der Waals surface area contributed by atoms with Crippen molar-refractivity contribution in [2.24, 2.45) is 0 Å². The molecule has 0 aliphatic carbocycles. The number of halogens is 1. The third kappa shape index (κ3) is 4.43. The van der Waals surface area contributed by atoms with Crippen molar-refractivity contribution in [1.82, 2.24) is 4.98 Å². The maximum atomic E-state index is 5.75. The van der Waals surface area contributed by atoms with Crippen molar-refractivity contribution >= 4 is 17.4 Å². The second kappa shape index (κ2) is 7.38. The average Bonchev–Trinajstić information content (AvgIpc) is 2.30. The van der Waals surface area contributed by atoms with Gasteiger partial charge < -0.3 is 9.64 Å². The van der Waals surface area contributed by atoms with Crippen molar-refractivity contribution in [2.45, 2.75) is 33.2 Å². The first-order valence-corrected chi connectivity index (χ1v) is 6.65. The molecule has 1 heterocycles. The summed E-state index contributed by atoms with van der Waals surface area (Å²) in [5, 5.41) is 0. The van der Waals surface area contributed by atoms with Crippen LogP contribution >= 0.6 is 11.6 Å². The fourth-order valence-electron chi connectivity index (χ4n) is 1.66. The quantitative estimate of drug-likeness (QED) is 0.700. The van der Waals surface area contributed by atoms with E-state index in [-0.39, 0.29) is 0 Å². The van der Waals surface area contributed by atoms with Crippen molar-refractivity contribution in [3.05, 3.63) is 18.2 Å². The first kappa shape index (κ1) is 14.1. The molecular formula is C13H21ClN2O. The number of aromatic nitrogens is 1. The summed E-state index contributed by atoms with van der Waals surface area (Å²) < 4.78 is 5.42. The molecule has 96 valence electrons. The minimum atomic E-state index is 0.405. The zero-order valence-electron chi connectivity index (χ0n) is 10.8. The number of hydrogen-bond donors (Lipinski definition) is 0. The summed E-state index contributed by atoms with van der Waals surface area (Å²) in [7, 11) is 0. The van der Waals surface area contributed by atoms with Crippen molar-refractivity contribution in [3.8, 4) is 5.88 Å². The normalized spacial score (nSPS) is 10.6. The predicted octanol–water partition coefficient (Wildman–Crippen LogP) is 3.32. The fourth-order valence-corrected chi connectivity index (χ4v) is 1.78. The standard InChI is InChI=1S/C13H21ClN2O/c1-4-17-13-8-5-7-12(15-13)16(11(2)3)10-6-9-14/h5,7-8,11H,4,6,9-10H2,1-3H3. The molecule has 0 aliphatic heterocycles. The van der Waals surface area contributed by atoms with Crippen LogP contribution in [0, 0.1) is 0 Å². The molecule has 1 aromatic heterocycles. The van der Waals surface area contributed by atoms with Crippen LogP contribution in [-0.2, 0) is 0 Å². The van der Waals surface area contributed by atoms with E-state index >= 15 is 0 Å².